The summed E-state index contributed by atoms with van der Waals surface area (Å²) in [5.74, 6) is -0.897. The fraction of sp³-hybridized carbons (Fsp3) is 0.333. The van der Waals surface area contributed by atoms with Crippen molar-refractivity contribution in [2.75, 3.05) is 18.4 Å². The molecule has 0 atom stereocenters. The number of rotatable bonds is 4. The third kappa shape index (κ3) is 3.72. The van der Waals surface area contributed by atoms with Gasteiger partial charge in [-0.15, -0.1) is 5.10 Å². The second-order valence-electron chi connectivity index (χ2n) is 6.65. The van der Waals surface area contributed by atoms with Crippen LogP contribution in [0.25, 0.3) is 5.69 Å². The standard InChI is InChI=1S/C18H20FN7O/c1-12-9-21-26(10-12)17-3-2-13(8-15(17)19)22-18(27)16-11-25(24-23-16)14-4-6-20-7-5-14/h2-3,8-11,14,20H,4-7H2,1H3,(H,22,27). The predicted molar refractivity (Wildman–Crippen MR) is 97.4 cm³/mol. The second-order valence-corrected chi connectivity index (χ2v) is 6.65. The van der Waals surface area contributed by atoms with Crippen LogP contribution in [0, 0.1) is 12.7 Å². The monoisotopic (exact) mass is 369 g/mol. The molecule has 0 aliphatic carbocycles. The van der Waals surface area contributed by atoms with Crippen molar-refractivity contribution >= 4 is 11.6 Å². The number of carbonyl (C=O) groups excluding carboxylic acids is 1. The van der Waals surface area contributed by atoms with Crippen LogP contribution < -0.4 is 10.6 Å². The lowest BCUT2D eigenvalue weighted by Gasteiger charge is -2.22. The van der Waals surface area contributed by atoms with E-state index in [1.165, 1.54) is 10.7 Å². The molecule has 2 N–H and O–H groups in total. The normalized spacial score (nSPS) is 15.0. The van der Waals surface area contributed by atoms with Crippen LogP contribution in [0.4, 0.5) is 10.1 Å². The Morgan fingerprint density at radius 3 is 2.81 bits per heavy atom. The molecule has 9 heteroatoms. The van der Waals surface area contributed by atoms with Crippen LogP contribution in [-0.2, 0) is 0 Å². The van der Waals surface area contributed by atoms with Crippen LogP contribution in [0.3, 0.4) is 0 Å². The lowest BCUT2D eigenvalue weighted by molar-refractivity contribution is 0.102. The van der Waals surface area contributed by atoms with Crippen molar-refractivity contribution in [3.05, 3.63) is 53.9 Å². The number of nitrogens with zero attached hydrogens (tertiary/aromatic N) is 5. The van der Waals surface area contributed by atoms with Gasteiger partial charge in [0.25, 0.3) is 5.91 Å². The van der Waals surface area contributed by atoms with Crippen molar-refractivity contribution < 1.29 is 9.18 Å². The first-order chi connectivity index (χ1) is 13.1. The minimum atomic E-state index is -0.478. The molecule has 4 rings (SSSR count). The van der Waals surface area contributed by atoms with Crippen molar-refractivity contribution in [2.45, 2.75) is 25.8 Å². The summed E-state index contributed by atoms with van der Waals surface area (Å²) in [7, 11) is 0. The largest absolute Gasteiger partial charge is 0.320 e. The van der Waals surface area contributed by atoms with Crippen molar-refractivity contribution in [2.24, 2.45) is 0 Å². The minimum absolute atomic E-state index is 0.209. The summed E-state index contributed by atoms with van der Waals surface area (Å²) in [6.45, 7) is 3.73. The highest BCUT2D eigenvalue weighted by molar-refractivity contribution is 6.02. The van der Waals surface area contributed by atoms with E-state index in [-0.39, 0.29) is 11.7 Å². The maximum Gasteiger partial charge on any atom is 0.277 e. The number of hydrogen-bond donors (Lipinski definition) is 2. The summed E-state index contributed by atoms with van der Waals surface area (Å²) in [5, 5.41) is 18.1. The van der Waals surface area contributed by atoms with Crippen LogP contribution in [0.15, 0.2) is 36.8 Å². The predicted octanol–water partition coefficient (Wildman–Crippen LogP) is 2.09. The number of halogens is 1. The highest BCUT2D eigenvalue weighted by atomic mass is 19.1. The Hall–Kier alpha value is -3.07. The van der Waals surface area contributed by atoms with Gasteiger partial charge in [0.05, 0.1) is 18.4 Å². The van der Waals surface area contributed by atoms with E-state index >= 15 is 0 Å². The van der Waals surface area contributed by atoms with Gasteiger partial charge in [-0.3, -0.25) is 4.79 Å². The van der Waals surface area contributed by atoms with Gasteiger partial charge in [0.1, 0.15) is 5.69 Å². The first-order valence-electron chi connectivity index (χ1n) is 8.85. The third-order valence-electron chi connectivity index (χ3n) is 4.59. The molecule has 1 fully saturated rings. The van der Waals surface area contributed by atoms with E-state index in [0.717, 1.165) is 31.5 Å². The average molecular weight is 369 g/mol. The van der Waals surface area contributed by atoms with E-state index < -0.39 is 11.7 Å². The summed E-state index contributed by atoms with van der Waals surface area (Å²) in [5.41, 5.74) is 1.81. The summed E-state index contributed by atoms with van der Waals surface area (Å²) < 4.78 is 17.6. The second kappa shape index (κ2) is 7.28. The van der Waals surface area contributed by atoms with Gasteiger partial charge in [-0.1, -0.05) is 5.21 Å². The lowest BCUT2D eigenvalue weighted by Crippen LogP contribution is -2.29. The number of benzene rings is 1. The molecule has 1 aliphatic rings. The Balaban J connectivity index is 1.46. The molecule has 8 nitrogen and oxygen atoms in total. The fourth-order valence-corrected chi connectivity index (χ4v) is 3.14. The summed E-state index contributed by atoms with van der Waals surface area (Å²) in [6.07, 6.45) is 6.92. The van der Waals surface area contributed by atoms with Gasteiger partial charge in [0, 0.05) is 11.9 Å². The SMILES string of the molecule is Cc1cnn(-c2ccc(NC(=O)c3cn(C4CCNCC4)nn3)cc2F)c1. The highest BCUT2D eigenvalue weighted by Gasteiger charge is 2.19. The molecule has 1 amide bonds. The number of aromatic nitrogens is 5. The molecule has 1 aromatic carbocycles. The Kier molecular flexibility index (Phi) is 4.68. The molecular weight excluding hydrogens is 349 g/mol. The van der Waals surface area contributed by atoms with Gasteiger partial charge in [-0.2, -0.15) is 5.10 Å². The number of carbonyl (C=O) groups is 1. The maximum atomic E-state index is 14.4. The Bertz CT molecular complexity index is 958. The van der Waals surface area contributed by atoms with E-state index in [2.05, 4.69) is 26.0 Å². The molecule has 0 bridgehead atoms. The van der Waals surface area contributed by atoms with Crippen molar-refractivity contribution in [1.29, 1.82) is 0 Å². The zero-order valence-electron chi connectivity index (χ0n) is 14.9. The molecule has 0 spiro atoms. The number of piperidine rings is 1. The van der Waals surface area contributed by atoms with Gasteiger partial charge in [0.2, 0.25) is 0 Å². The van der Waals surface area contributed by atoms with Crippen LogP contribution in [0.2, 0.25) is 0 Å². The summed E-state index contributed by atoms with van der Waals surface area (Å²) in [6, 6.07) is 4.71. The van der Waals surface area contributed by atoms with Gasteiger partial charge >= 0.3 is 0 Å². The Labute approximate surface area is 155 Å². The van der Waals surface area contributed by atoms with E-state index in [1.807, 2.05) is 6.92 Å². The number of aryl methyl sites for hydroxylation is 1. The Morgan fingerprint density at radius 1 is 1.30 bits per heavy atom. The number of anilines is 1. The van der Waals surface area contributed by atoms with E-state index in [1.54, 1.807) is 35.4 Å². The molecule has 140 valence electrons. The molecule has 0 radical (unpaired) electrons. The fourth-order valence-electron chi connectivity index (χ4n) is 3.14. The van der Waals surface area contributed by atoms with Crippen LogP contribution in [-0.4, -0.2) is 43.8 Å². The molecular formula is C18H20FN7O. The smallest absolute Gasteiger partial charge is 0.277 e. The Morgan fingerprint density at radius 2 is 2.11 bits per heavy atom. The van der Waals surface area contributed by atoms with Crippen LogP contribution in [0.1, 0.15) is 34.9 Å². The average Bonchev–Trinajstić information content (AvgIpc) is 3.32. The van der Waals surface area contributed by atoms with Gasteiger partial charge in [0.15, 0.2) is 11.5 Å². The van der Waals surface area contributed by atoms with Gasteiger partial charge < -0.3 is 10.6 Å². The van der Waals surface area contributed by atoms with Crippen LogP contribution >= 0.6 is 0 Å². The van der Waals surface area contributed by atoms with E-state index in [0.29, 0.717) is 11.4 Å². The number of hydrogen-bond acceptors (Lipinski definition) is 5. The molecule has 1 saturated heterocycles. The van der Waals surface area contributed by atoms with Crippen molar-refractivity contribution in [1.82, 2.24) is 30.1 Å². The van der Waals surface area contributed by atoms with E-state index in [9.17, 15) is 9.18 Å². The minimum Gasteiger partial charge on any atom is -0.320 e. The third-order valence-corrected chi connectivity index (χ3v) is 4.59. The zero-order chi connectivity index (χ0) is 18.8. The molecule has 2 aromatic heterocycles. The van der Waals surface area contributed by atoms with Crippen LogP contribution in [0.5, 0.6) is 0 Å². The first kappa shape index (κ1) is 17.3. The zero-order valence-corrected chi connectivity index (χ0v) is 14.9. The van der Waals surface area contributed by atoms with Crippen molar-refractivity contribution in [3.63, 3.8) is 0 Å². The lowest BCUT2D eigenvalue weighted by atomic mass is 10.1. The summed E-state index contributed by atoms with van der Waals surface area (Å²) in [4.78, 5) is 12.4. The number of amides is 1. The topological polar surface area (TPSA) is 89.7 Å². The first-order valence-corrected chi connectivity index (χ1v) is 8.85. The van der Waals surface area contributed by atoms with Crippen molar-refractivity contribution in [3.8, 4) is 5.69 Å². The molecule has 1 aliphatic heterocycles. The van der Waals surface area contributed by atoms with Gasteiger partial charge in [-0.05, 0) is 56.6 Å². The molecule has 3 aromatic rings. The van der Waals surface area contributed by atoms with Gasteiger partial charge in [-0.25, -0.2) is 13.8 Å². The summed E-state index contributed by atoms with van der Waals surface area (Å²) >= 11 is 0. The quantitative estimate of drug-likeness (QED) is 0.735. The highest BCUT2D eigenvalue weighted by Crippen LogP contribution is 2.20. The maximum absolute atomic E-state index is 14.4. The molecule has 27 heavy (non-hydrogen) atoms. The number of nitrogens with one attached hydrogen (secondary N) is 2. The molecule has 0 unspecified atom stereocenters. The van der Waals surface area contributed by atoms with E-state index in [4.69, 9.17) is 0 Å². The molecule has 3 heterocycles. The molecule has 0 saturated carbocycles.